The Morgan fingerprint density at radius 3 is 2.88 bits per heavy atom. The normalized spacial score (nSPS) is 14.8. The Kier molecular flexibility index (Phi) is 3.53. The Hall–Kier alpha value is -1.69. The summed E-state index contributed by atoms with van der Waals surface area (Å²) in [6.07, 6.45) is 4.57. The zero-order valence-corrected chi connectivity index (χ0v) is 9.46. The molecule has 6 heteroatoms. The predicted octanol–water partition coefficient (Wildman–Crippen LogP) is 0.899. The zero-order chi connectivity index (χ0) is 12.3. The van der Waals surface area contributed by atoms with E-state index in [0.717, 1.165) is 13.0 Å². The Morgan fingerprint density at radius 2 is 2.24 bits per heavy atom. The van der Waals surface area contributed by atoms with Crippen LogP contribution in [0.2, 0.25) is 0 Å². The molecule has 0 unspecified atom stereocenters. The van der Waals surface area contributed by atoms with Crippen LogP contribution in [0.3, 0.4) is 0 Å². The van der Waals surface area contributed by atoms with Gasteiger partial charge < -0.3 is 9.88 Å². The van der Waals surface area contributed by atoms with Crippen molar-refractivity contribution >= 4 is 5.69 Å². The first kappa shape index (κ1) is 11.8. The Morgan fingerprint density at radius 1 is 1.47 bits per heavy atom. The molecular formula is C11H15N3O3. The summed E-state index contributed by atoms with van der Waals surface area (Å²) in [5, 5.41) is 13.9. The van der Waals surface area contributed by atoms with E-state index in [9.17, 15) is 14.9 Å². The van der Waals surface area contributed by atoms with E-state index in [1.54, 1.807) is 0 Å². The summed E-state index contributed by atoms with van der Waals surface area (Å²) in [5.74, 6) is 0. The predicted molar refractivity (Wildman–Crippen MR) is 63.0 cm³/mol. The van der Waals surface area contributed by atoms with Crippen molar-refractivity contribution in [2.75, 3.05) is 6.54 Å². The maximum Gasteiger partial charge on any atom is 0.285 e. The number of nitrogens with one attached hydrogen (secondary N) is 1. The quantitative estimate of drug-likeness (QED) is 0.453. The van der Waals surface area contributed by atoms with Crippen molar-refractivity contribution in [3.8, 4) is 0 Å². The summed E-state index contributed by atoms with van der Waals surface area (Å²) < 4.78 is 1.40. The monoisotopic (exact) mass is 237 g/mol. The number of aromatic nitrogens is 1. The fraction of sp³-hybridized carbons (Fsp3) is 0.545. The maximum atomic E-state index is 11.5. The number of hydrogen-bond donors (Lipinski definition) is 1. The fourth-order valence-corrected chi connectivity index (χ4v) is 1.64. The third kappa shape index (κ3) is 3.39. The van der Waals surface area contributed by atoms with Crippen LogP contribution in [0.5, 0.6) is 0 Å². The van der Waals surface area contributed by atoms with Crippen molar-refractivity contribution in [2.45, 2.75) is 31.8 Å². The van der Waals surface area contributed by atoms with Gasteiger partial charge in [-0.1, -0.05) is 0 Å². The van der Waals surface area contributed by atoms with Gasteiger partial charge in [0.1, 0.15) is 0 Å². The van der Waals surface area contributed by atoms with E-state index >= 15 is 0 Å². The first-order valence-corrected chi connectivity index (χ1v) is 5.75. The molecule has 6 nitrogen and oxygen atoms in total. The van der Waals surface area contributed by atoms with E-state index < -0.39 is 4.92 Å². The molecule has 1 saturated carbocycles. The lowest BCUT2D eigenvalue weighted by Crippen LogP contribution is -2.23. The lowest BCUT2D eigenvalue weighted by molar-refractivity contribution is -0.385. The Labute approximate surface area is 98.4 Å². The highest BCUT2D eigenvalue weighted by Crippen LogP contribution is 2.18. The van der Waals surface area contributed by atoms with E-state index in [4.69, 9.17) is 0 Å². The van der Waals surface area contributed by atoms with E-state index in [-0.39, 0.29) is 11.2 Å². The van der Waals surface area contributed by atoms with Gasteiger partial charge in [0.2, 0.25) is 0 Å². The molecule has 17 heavy (non-hydrogen) atoms. The molecule has 0 bridgehead atoms. The summed E-state index contributed by atoms with van der Waals surface area (Å²) in [6.45, 7) is 1.36. The third-order valence-electron chi connectivity index (χ3n) is 2.76. The van der Waals surface area contributed by atoms with Gasteiger partial charge in [-0.25, -0.2) is 0 Å². The lowest BCUT2D eigenvalue weighted by Gasteiger charge is -2.05. The molecule has 0 spiro atoms. The Balaban J connectivity index is 1.91. The van der Waals surface area contributed by atoms with Crippen molar-refractivity contribution in [3.05, 3.63) is 38.8 Å². The molecule has 1 aromatic heterocycles. The molecule has 0 radical (unpaired) electrons. The van der Waals surface area contributed by atoms with Crippen molar-refractivity contribution in [2.24, 2.45) is 0 Å². The van der Waals surface area contributed by atoms with E-state index in [2.05, 4.69) is 5.32 Å². The highest BCUT2D eigenvalue weighted by Gasteiger charge is 2.19. The average molecular weight is 237 g/mol. The smallest absolute Gasteiger partial charge is 0.285 e. The highest BCUT2D eigenvalue weighted by molar-refractivity contribution is 5.24. The number of pyridine rings is 1. The second kappa shape index (κ2) is 5.09. The summed E-state index contributed by atoms with van der Waals surface area (Å²) in [6, 6.07) is 3.13. The lowest BCUT2D eigenvalue weighted by atomic mass is 10.3. The molecule has 1 N–H and O–H groups in total. The molecule has 1 aromatic rings. The molecule has 0 aliphatic heterocycles. The second-order valence-corrected chi connectivity index (χ2v) is 4.26. The van der Waals surface area contributed by atoms with Crippen molar-refractivity contribution < 1.29 is 4.92 Å². The SMILES string of the molecule is O=c1ccc([N+](=O)[O-])cn1CCCNC1CC1. The molecule has 92 valence electrons. The molecule has 1 fully saturated rings. The van der Waals surface area contributed by atoms with Crippen LogP contribution in [0.15, 0.2) is 23.1 Å². The molecule has 0 saturated heterocycles. The largest absolute Gasteiger partial charge is 0.314 e. The molecule has 0 aromatic carbocycles. The van der Waals surface area contributed by atoms with Gasteiger partial charge in [-0.2, -0.15) is 0 Å². The van der Waals surface area contributed by atoms with Gasteiger partial charge in [-0.15, -0.1) is 0 Å². The van der Waals surface area contributed by atoms with Gasteiger partial charge in [0, 0.05) is 24.7 Å². The van der Waals surface area contributed by atoms with E-state index in [0.29, 0.717) is 12.6 Å². The molecule has 1 aliphatic rings. The zero-order valence-electron chi connectivity index (χ0n) is 9.46. The molecular weight excluding hydrogens is 222 g/mol. The van der Waals surface area contributed by atoms with Gasteiger partial charge in [0.05, 0.1) is 11.1 Å². The van der Waals surface area contributed by atoms with Gasteiger partial charge in [-0.05, 0) is 25.8 Å². The van der Waals surface area contributed by atoms with Crippen LogP contribution in [0.1, 0.15) is 19.3 Å². The average Bonchev–Trinajstić information content (AvgIpc) is 3.10. The maximum absolute atomic E-state index is 11.5. The van der Waals surface area contributed by atoms with Gasteiger partial charge in [0.25, 0.3) is 11.2 Å². The van der Waals surface area contributed by atoms with Crippen LogP contribution in [0.25, 0.3) is 0 Å². The Bertz CT molecular complexity index is 465. The topological polar surface area (TPSA) is 77.2 Å². The van der Waals surface area contributed by atoms with Crippen LogP contribution in [-0.4, -0.2) is 22.1 Å². The van der Waals surface area contributed by atoms with Gasteiger partial charge >= 0.3 is 0 Å². The molecule has 1 heterocycles. The fourth-order valence-electron chi connectivity index (χ4n) is 1.64. The molecule has 1 aliphatic carbocycles. The highest BCUT2D eigenvalue weighted by atomic mass is 16.6. The standard InChI is InChI=1S/C11H15N3O3/c15-11-5-4-10(14(16)17)8-13(11)7-1-6-12-9-2-3-9/h4-5,8-9,12H,1-3,6-7H2. The van der Waals surface area contributed by atoms with Crippen LogP contribution in [-0.2, 0) is 6.54 Å². The van der Waals surface area contributed by atoms with Crippen molar-refractivity contribution in [1.82, 2.24) is 9.88 Å². The summed E-state index contributed by atoms with van der Waals surface area (Å²) in [5.41, 5.74) is -0.234. The number of nitrogens with zero attached hydrogens (tertiary/aromatic N) is 2. The van der Waals surface area contributed by atoms with Crippen LogP contribution < -0.4 is 10.9 Å². The number of nitro groups is 1. The van der Waals surface area contributed by atoms with Crippen LogP contribution in [0, 0.1) is 10.1 Å². The summed E-state index contributed by atoms with van der Waals surface area (Å²) in [4.78, 5) is 21.5. The minimum atomic E-state index is -0.488. The van der Waals surface area contributed by atoms with Crippen molar-refractivity contribution in [1.29, 1.82) is 0 Å². The number of rotatable bonds is 6. The van der Waals surface area contributed by atoms with Crippen LogP contribution >= 0.6 is 0 Å². The van der Waals surface area contributed by atoms with E-state index in [1.807, 2.05) is 0 Å². The summed E-state index contributed by atoms with van der Waals surface area (Å²) in [7, 11) is 0. The first-order valence-electron chi connectivity index (χ1n) is 5.75. The van der Waals surface area contributed by atoms with Crippen LogP contribution in [0.4, 0.5) is 5.69 Å². The molecule has 0 amide bonds. The molecule has 0 atom stereocenters. The number of aryl methyl sites for hydroxylation is 1. The molecule has 2 rings (SSSR count). The first-order chi connectivity index (χ1) is 8.16. The van der Waals surface area contributed by atoms with Gasteiger partial charge in [0.15, 0.2) is 0 Å². The van der Waals surface area contributed by atoms with E-state index in [1.165, 1.54) is 35.7 Å². The van der Waals surface area contributed by atoms with Gasteiger partial charge in [-0.3, -0.25) is 14.9 Å². The minimum Gasteiger partial charge on any atom is -0.314 e. The van der Waals surface area contributed by atoms with Crippen molar-refractivity contribution in [3.63, 3.8) is 0 Å². The summed E-state index contributed by atoms with van der Waals surface area (Å²) >= 11 is 0. The minimum absolute atomic E-state index is 0.0419. The third-order valence-corrected chi connectivity index (χ3v) is 2.76. The second-order valence-electron chi connectivity index (χ2n) is 4.26. The number of hydrogen-bond acceptors (Lipinski definition) is 4.